The molecule has 0 saturated carbocycles. The minimum Gasteiger partial charge on any atom is -0.478 e. The second-order valence-corrected chi connectivity index (χ2v) is 9.23. The van der Waals surface area contributed by atoms with Gasteiger partial charge in [-0.05, 0) is 50.6 Å². The summed E-state index contributed by atoms with van der Waals surface area (Å²) in [5, 5.41) is 17.3. The first-order valence-electron chi connectivity index (χ1n) is 11.6. The van der Waals surface area contributed by atoms with Gasteiger partial charge < -0.3 is 25.8 Å². The molecule has 0 aliphatic rings. The van der Waals surface area contributed by atoms with Crippen LogP contribution in [0.2, 0.25) is 0 Å². The van der Waals surface area contributed by atoms with E-state index in [4.69, 9.17) is 4.74 Å². The molecule has 0 saturated heterocycles. The van der Waals surface area contributed by atoms with Crippen LogP contribution in [-0.4, -0.2) is 40.6 Å². The Morgan fingerprint density at radius 1 is 0.784 bits per heavy atom. The van der Waals surface area contributed by atoms with Gasteiger partial charge in [-0.1, -0.05) is 54.6 Å². The van der Waals surface area contributed by atoms with E-state index in [2.05, 4.69) is 16.0 Å². The number of ether oxygens (including phenoxy) is 1. The number of carbonyl (C=O) groups excluding carboxylic acids is 3. The predicted octanol–water partition coefficient (Wildman–Crippen LogP) is 4.71. The second kappa shape index (κ2) is 11.9. The van der Waals surface area contributed by atoms with E-state index in [-0.39, 0.29) is 28.9 Å². The summed E-state index contributed by atoms with van der Waals surface area (Å²) in [5.41, 5.74) is 0.426. The minimum atomic E-state index is -1.19. The van der Waals surface area contributed by atoms with E-state index in [0.717, 1.165) is 5.56 Å². The fourth-order valence-electron chi connectivity index (χ4n) is 3.49. The van der Waals surface area contributed by atoms with Crippen molar-refractivity contribution in [3.63, 3.8) is 0 Å². The number of hydrogen-bond acceptors (Lipinski definition) is 5. The van der Waals surface area contributed by atoms with Gasteiger partial charge in [0.2, 0.25) is 5.91 Å². The van der Waals surface area contributed by atoms with Crippen molar-refractivity contribution in [2.75, 3.05) is 10.6 Å². The Morgan fingerprint density at radius 2 is 1.32 bits per heavy atom. The van der Waals surface area contributed by atoms with E-state index in [0.29, 0.717) is 0 Å². The van der Waals surface area contributed by atoms with Crippen LogP contribution in [0, 0.1) is 0 Å². The Kier molecular flexibility index (Phi) is 8.63. The number of carbonyl (C=O) groups is 4. The zero-order valence-corrected chi connectivity index (χ0v) is 20.8. The van der Waals surface area contributed by atoms with E-state index in [1.54, 1.807) is 51.1 Å². The molecular formula is C28H29N3O6. The van der Waals surface area contributed by atoms with E-state index in [1.165, 1.54) is 18.2 Å². The minimum absolute atomic E-state index is 0.0677. The van der Waals surface area contributed by atoms with Gasteiger partial charge in [0.25, 0.3) is 5.91 Å². The summed E-state index contributed by atoms with van der Waals surface area (Å²) in [6, 6.07) is 20.5. The quantitative estimate of drug-likeness (QED) is 0.352. The molecule has 9 nitrogen and oxygen atoms in total. The molecule has 3 aromatic rings. The second-order valence-electron chi connectivity index (χ2n) is 9.23. The SMILES string of the molecule is CC(C)(C)OC(=O)N[C@H](Cc1ccccc1)C(=O)Nc1ccccc1C(=O)Nc1ccccc1C(=O)O. The van der Waals surface area contributed by atoms with E-state index in [9.17, 15) is 24.3 Å². The number of para-hydroxylation sites is 2. The fourth-order valence-corrected chi connectivity index (χ4v) is 3.49. The van der Waals surface area contributed by atoms with Gasteiger partial charge in [-0.15, -0.1) is 0 Å². The van der Waals surface area contributed by atoms with Gasteiger partial charge in [-0.25, -0.2) is 9.59 Å². The zero-order chi connectivity index (χ0) is 27.0. The lowest BCUT2D eigenvalue weighted by atomic mass is 10.0. The van der Waals surface area contributed by atoms with E-state index in [1.807, 2.05) is 30.3 Å². The molecule has 0 heterocycles. The fraction of sp³-hybridized carbons (Fsp3) is 0.214. The molecule has 0 radical (unpaired) electrons. The van der Waals surface area contributed by atoms with Crippen LogP contribution in [-0.2, 0) is 16.0 Å². The highest BCUT2D eigenvalue weighted by Gasteiger charge is 2.26. The normalized spacial score (nSPS) is 11.6. The molecule has 4 N–H and O–H groups in total. The Hall–Kier alpha value is -4.66. The topological polar surface area (TPSA) is 134 Å². The van der Waals surface area contributed by atoms with Crippen molar-refractivity contribution in [1.82, 2.24) is 5.32 Å². The first-order chi connectivity index (χ1) is 17.5. The summed E-state index contributed by atoms with van der Waals surface area (Å²) in [6.07, 6.45) is -0.563. The molecule has 192 valence electrons. The van der Waals surface area contributed by atoms with Crippen molar-refractivity contribution in [1.29, 1.82) is 0 Å². The van der Waals surface area contributed by atoms with Crippen LogP contribution in [0.25, 0.3) is 0 Å². The largest absolute Gasteiger partial charge is 0.478 e. The number of amides is 3. The van der Waals surface area contributed by atoms with Crippen LogP contribution < -0.4 is 16.0 Å². The smallest absolute Gasteiger partial charge is 0.408 e. The maximum absolute atomic E-state index is 13.3. The number of nitrogens with one attached hydrogen (secondary N) is 3. The maximum atomic E-state index is 13.3. The number of hydrogen-bond donors (Lipinski definition) is 4. The van der Waals surface area contributed by atoms with Crippen molar-refractivity contribution >= 4 is 35.3 Å². The first kappa shape index (κ1) is 26.9. The standard InChI is InChI=1S/C28H29N3O6/c1-28(2,3)37-27(36)31-23(17-18-11-5-4-6-12-18)25(33)30-21-15-9-7-13-19(21)24(32)29-22-16-10-8-14-20(22)26(34)35/h4-16,23H,17H2,1-3H3,(H,29,32)(H,30,33)(H,31,36)(H,34,35)/t23-/m1/s1. The molecule has 1 atom stereocenters. The molecule has 0 aliphatic heterocycles. The number of carboxylic acids is 1. The molecule has 0 aliphatic carbocycles. The van der Waals surface area contributed by atoms with Crippen LogP contribution in [0.1, 0.15) is 47.1 Å². The summed E-state index contributed by atoms with van der Waals surface area (Å²) in [6.45, 7) is 5.16. The molecule has 9 heteroatoms. The van der Waals surface area contributed by atoms with Gasteiger partial charge in [-0.2, -0.15) is 0 Å². The summed E-state index contributed by atoms with van der Waals surface area (Å²) >= 11 is 0. The van der Waals surface area contributed by atoms with Crippen molar-refractivity contribution < 1.29 is 29.0 Å². The van der Waals surface area contributed by atoms with Crippen molar-refractivity contribution in [2.45, 2.75) is 38.8 Å². The molecule has 3 rings (SSSR count). The third kappa shape index (κ3) is 7.93. The predicted molar refractivity (Wildman–Crippen MR) is 140 cm³/mol. The lowest BCUT2D eigenvalue weighted by molar-refractivity contribution is -0.118. The highest BCUT2D eigenvalue weighted by atomic mass is 16.6. The Bertz CT molecular complexity index is 1280. The van der Waals surface area contributed by atoms with Crippen LogP contribution >= 0.6 is 0 Å². The summed E-state index contributed by atoms with van der Waals surface area (Å²) in [7, 11) is 0. The Balaban J connectivity index is 1.82. The first-order valence-corrected chi connectivity index (χ1v) is 11.6. The number of benzene rings is 3. The lowest BCUT2D eigenvalue weighted by Crippen LogP contribution is -2.47. The van der Waals surface area contributed by atoms with E-state index >= 15 is 0 Å². The maximum Gasteiger partial charge on any atom is 0.408 e. The third-order valence-corrected chi connectivity index (χ3v) is 5.13. The molecule has 0 aromatic heterocycles. The van der Waals surface area contributed by atoms with Crippen molar-refractivity contribution in [3.8, 4) is 0 Å². The van der Waals surface area contributed by atoms with Crippen LogP contribution in [0.5, 0.6) is 0 Å². The van der Waals surface area contributed by atoms with Crippen LogP contribution in [0.15, 0.2) is 78.9 Å². The number of aromatic carboxylic acids is 1. The van der Waals surface area contributed by atoms with Gasteiger partial charge >= 0.3 is 12.1 Å². The van der Waals surface area contributed by atoms with Gasteiger partial charge in [0.1, 0.15) is 11.6 Å². The highest BCUT2D eigenvalue weighted by molar-refractivity contribution is 6.12. The van der Waals surface area contributed by atoms with Gasteiger partial charge in [0.15, 0.2) is 0 Å². The molecule has 3 aromatic carbocycles. The number of anilines is 2. The molecule has 0 unspecified atom stereocenters. The third-order valence-electron chi connectivity index (χ3n) is 5.13. The summed E-state index contributed by atoms with van der Waals surface area (Å²) in [4.78, 5) is 50.3. The summed E-state index contributed by atoms with van der Waals surface area (Å²) in [5.74, 6) is -2.35. The molecule has 3 amide bonds. The Labute approximate surface area is 214 Å². The van der Waals surface area contributed by atoms with Crippen LogP contribution in [0.4, 0.5) is 16.2 Å². The molecule has 0 bridgehead atoms. The van der Waals surface area contributed by atoms with Crippen molar-refractivity contribution in [2.24, 2.45) is 0 Å². The van der Waals surface area contributed by atoms with Crippen LogP contribution in [0.3, 0.4) is 0 Å². The lowest BCUT2D eigenvalue weighted by Gasteiger charge is -2.23. The highest BCUT2D eigenvalue weighted by Crippen LogP contribution is 2.21. The average Bonchev–Trinajstić information content (AvgIpc) is 2.83. The van der Waals surface area contributed by atoms with Gasteiger partial charge in [-0.3, -0.25) is 9.59 Å². The number of rotatable bonds is 8. The van der Waals surface area contributed by atoms with Gasteiger partial charge in [0.05, 0.1) is 22.5 Å². The Morgan fingerprint density at radius 3 is 1.92 bits per heavy atom. The summed E-state index contributed by atoms with van der Waals surface area (Å²) < 4.78 is 5.32. The molecule has 37 heavy (non-hydrogen) atoms. The monoisotopic (exact) mass is 503 g/mol. The number of alkyl carbamates (subject to hydrolysis) is 1. The average molecular weight is 504 g/mol. The molecular weight excluding hydrogens is 474 g/mol. The number of carboxylic acid groups (broad SMARTS) is 1. The van der Waals surface area contributed by atoms with Gasteiger partial charge in [0, 0.05) is 6.42 Å². The molecule has 0 spiro atoms. The zero-order valence-electron chi connectivity index (χ0n) is 20.8. The van der Waals surface area contributed by atoms with E-state index < -0.39 is 35.5 Å². The van der Waals surface area contributed by atoms with Crippen molar-refractivity contribution in [3.05, 3.63) is 95.6 Å². The molecule has 0 fully saturated rings.